The van der Waals surface area contributed by atoms with Gasteiger partial charge in [0.25, 0.3) is 10.0 Å². The van der Waals surface area contributed by atoms with Crippen molar-refractivity contribution in [3.8, 4) is 0 Å². The fourth-order valence-electron chi connectivity index (χ4n) is 3.38. The van der Waals surface area contributed by atoms with Gasteiger partial charge in [0.1, 0.15) is 4.90 Å². The largest absolute Gasteiger partial charge is 0.342 e. The minimum atomic E-state index is -3.73. The average Bonchev–Trinajstić information content (AvgIpc) is 2.95. The van der Waals surface area contributed by atoms with Crippen molar-refractivity contribution >= 4 is 38.5 Å². The predicted molar refractivity (Wildman–Crippen MR) is 111 cm³/mol. The van der Waals surface area contributed by atoms with Gasteiger partial charge >= 0.3 is 0 Å². The molecule has 8 heteroatoms. The third-order valence-corrected chi connectivity index (χ3v) is 7.27. The number of unbranched alkanes of at least 4 members (excludes halogenated alkanes) is 1. The van der Waals surface area contributed by atoms with E-state index in [1.165, 1.54) is 24.6 Å². The number of hydrogen-bond acceptors (Lipinski definition) is 5. The molecule has 148 valence electrons. The van der Waals surface area contributed by atoms with E-state index in [4.69, 9.17) is 0 Å². The second-order valence-electron chi connectivity index (χ2n) is 6.91. The summed E-state index contributed by atoms with van der Waals surface area (Å²) in [5, 5.41) is 0.408. The molecule has 2 aliphatic heterocycles. The first-order chi connectivity index (χ1) is 13.0. The minimum absolute atomic E-state index is 0.0660. The summed E-state index contributed by atoms with van der Waals surface area (Å²) in [5.74, 6) is 0.287. The maximum atomic E-state index is 12.6. The Balaban J connectivity index is 1.77. The monoisotopic (exact) mass is 409 g/mol. The molecule has 1 amide bonds. The molecule has 0 unspecified atom stereocenters. The molecule has 0 aliphatic carbocycles. The molecule has 0 spiro atoms. The van der Waals surface area contributed by atoms with Crippen LogP contribution in [0.4, 0.5) is 5.69 Å². The van der Waals surface area contributed by atoms with Gasteiger partial charge in [-0.25, -0.2) is 0 Å². The van der Waals surface area contributed by atoms with E-state index in [1.54, 1.807) is 12.1 Å². The van der Waals surface area contributed by atoms with Gasteiger partial charge in [0.05, 0.1) is 11.4 Å². The standard InChI is InChI=1S/C19H27N3O3S2/c1-2-3-14-22-16-10-6-7-11-17(16)27(24,25)20-19(22)26-15-18(23)21-12-8-4-5-9-13-21/h6-7,10-11H,2-5,8-9,12-15H2,1H3. The van der Waals surface area contributed by atoms with E-state index >= 15 is 0 Å². The van der Waals surface area contributed by atoms with Crippen LogP contribution in [0.3, 0.4) is 0 Å². The van der Waals surface area contributed by atoms with Crippen molar-refractivity contribution in [1.82, 2.24) is 4.90 Å². The summed E-state index contributed by atoms with van der Waals surface area (Å²) in [7, 11) is -3.73. The molecule has 1 saturated heterocycles. The van der Waals surface area contributed by atoms with E-state index in [9.17, 15) is 13.2 Å². The third-order valence-electron chi connectivity index (χ3n) is 4.88. The number of thioether (sulfide) groups is 1. The van der Waals surface area contributed by atoms with Crippen molar-refractivity contribution in [1.29, 1.82) is 0 Å². The fourth-order valence-corrected chi connectivity index (χ4v) is 5.76. The van der Waals surface area contributed by atoms with Gasteiger partial charge in [-0.15, -0.1) is 4.40 Å². The summed E-state index contributed by atoms with van der Waals surface area (Å²) in [6, 6.07) is 6.96. The van der Waals surface area contributed by atoms with Crippen LogP contribution in [0, 0.1) is 0 Å². The molecule has 3 rings (SSSR count). The second-order valence-corrected chi connectivity index (χ2v) is 9.42. The summed E-state index contributed by atoms with van der Waals surface area (Å²) < 4.78 is 29.2. The Labute approximate surface area is 166 Å². The average molecular weight is 410 g/mol. The van der Waals surface area contributed by atoms with Crippen LogP contribution in [0.1, 0.15) is 45.4 Å². The van der Waals surface area contributed by atoms with Crippen molar-refractivity contribution < 1.29 is 13.2 Å². The summed E-state index contributed by atoms with van der Waals surface area (Å²) in [6.07, 6.45) is 6.35. The third kappa shape index (κ3) is 4.85. The van der Waals surface area contributed by atoms with Gasteiger partial charge in [-0.05, 0) is 31.4 Å². The van der Waals surface area contributed by atoms with E-state index in [0.29, 0.717) is 17.4 Å². The molecular weight excluding hydrogens is 382 g/mol. The van der Waals surface area contributed by atoms with Crippen molar-refractivity contribution in [2.75, 3.05) is 30.3 Å². The summed E-state index contributed by atoms with van der Waals surface area (Å²) >= 11 is 1.24. The maximum Gasteiger partial charge on any atom is 0.286 e. The van der Waals surface area contributed by atoms with Gasteiger partial charge in [0, 0.05) is 19.6 Å². The molecule has 27 heavy (non-hydrogen) atoms. The van der Waals surface area contributed by atoms with Crippen LogP contribution in [0.5, 0.6) is 0 Å². The topological polar surface area (TPSA) is 70.1 Å². The zero-order valence-electron chi connectivity index (χ0n) is 15.8. The molecule has 0 bridgehead atoms. The number of amidine groups is 1. The number of anilines is 1. The Morgan fingerprint density at radius 1 is 1.15 bits per heavy atom. The van der Waals surface area contributed by atoms with E-state index in [0.717, 1.165) is 38.8 Å². The van der Waals surface area contributed by atoms with Crippen LogP contribution in [-0.4, -0.2) is 49.8 Å². The van der Waals surface area contributed by atoms with E-state index in [2.05, 4.69) is 11.3 Å². The zero-order valence-corrected chi connectivity index (χ0v) is 17.4. The lowest BCUT2D eigenvalue weighted by molar-refractivity contribution is -0.128. The minimum Gasteiger partial charge on any atom is -0.342 e. The molecule has 0 radical (unpaired) electrons. The smallest absolute Gasteiger partial charge is 0.286 e. The van der Waals surface area contributed by atoms with Gasteiger partial charge in [-0.1, -0.05) is 50.1 Å². The lowest BCUT2D eigenvalue weighted by atomic mass is 10.2. The molecule has 1 fully saturated rings. The molecule has 0 N–H and O–H groups in total. The van der Waals surface area contributed by atoms with Crippen molar-refractivity contribution in [3.63, 3.8) is 0 Å². The molecule has 2 heterocycles. The number of likely N-dealkylation sites (tertiary alicyclic amines) is 1. The number of para-hydroxylation sites is 1. The molecule has 0 saturated carbocycles. The Kier molecular flexibility index (Phi) is 6.81. The Hall–Kier alpha value is -1.54. The van der Waals surface area contributed by atoms with Crippen LogP contribution in [0.15, 0.2) is 33.6 Å². The predicted octanol–water partition coefficient (Wildman–Crippen LogP) is 3.49. The number of nitrogens with zero attached hydrogens (tertiary/aromatic N) is 3. The number of fused-ring (bicyclic) bond motifs is 1. The van der Waals surface area contributed by atoms with Crippen molar-refractivity contribution in [2.45, 2.75) is 50.3 Å². The highest BCUT2D eigenvalue weighted by atomic mass is 32.2. The highest BCUT2D eigenvalue weighted by Crippen LogP contribution is 2.34. The van der Waals surface area contributed by atoms with E-state index in [-0.39, 0.29) is 16.6 Å². The number of hydrogen-bond donors (Lipinski definition) is 0. The van der Waals surface area contributed by atoms with Crippen LogP contribution >= 0.6 is 11.8 Å². The SMILES string of the molecule is CCCCN1C(SCC(=O)N2CCCCCC2)=NS(=O)(=O)c2ccccc21. The molecule has 1 aromatic rings. The Morgan fingerprint density at radius 2 is 1.85 bits per heavy atom. The number of carbonyl (C=O) groups excluding carboxylic acids is 1. The molecule has 0 atom stereocenters. The van der Waals surface area contributed by atoms with Crippen molar-refractivity contribution in [2.24, 2.45) is 4.40 Å². The first kappa shape index (κ1) is 20.2. The van der Waals surface area contributed by atoms with Gasteiger partial charge in [-0.2, -0.15) is 8.42 Å². The molecule has 1 aromatic carbocycles. The van der Waals surface area contributed by atoms with Crippen LogP contribution in [-0.2, 0) is 14.8 Å². The summed E-state index contributed by atoms with van der Waals surface area (Å²) in [5.41, 5.74) is 0.658. The van der Waals surface area contributed by atoms with E-state index < -0.39 is 10.0 Å². The first-order valence-corrected chi connectivity index (χ1v) is 12.1. The van der Waals surface area contributed by atoms with Gasteiger partial charge < -0.3 is 9.80 Å². The Bertz CT molecular complexity index is 800. The number of sulfonamides is 1. The zero-order chi connectivity index (χ0) is 19.3. The lowest BCUT2D eigenvalue weighted by Crippen LogP contribution is -2.37. The summed E-state index contributed by atoms with van der Waals surface area (Å²) in [6.45, 7) is 4.38. The quantitative estimate of drug-likeness (QED) is 0.745. The summed E-state index contributed by atoms with van der Waals surface area (Å²) in [4.78, 5) is 16.7. The molecule has 0 aromatic heterocycles. The Morgan fingerprint density at radius 3 is 2.56 bits per heavy atom. The first-order valence-electron chi connectivity index (χ1n) is 9.65. The fraction of sp³-hybridized carbons (Fsp3) is 0.579. The van der Waals surface area contributed by atoms with Crippen LogP contribution in [0.2, 0.25) is 0 Å². The maximum absolute atomic E-state index is 12.6. The van der Waals surface area contributed by atoms with Gasteiger partial charge in [-0.3, -0.25) is 4.79 Å². The van der Waals surface area contributed by atoms with Gasteiger partial charge in [0.2, 0.25) is 5.91 Å². The molecule has 6 nitrogen and oxygen atoms in total. The van der Waals surface area contributed by atoms with Gasteiger partial charge in [0.15, 0.2) is 5.17 Å². The number of carbonyl (C=O) groups is 1. The normalized spacial score (nSPS) is 19.2. The molecular formula is C19H27N3O3S2. The van der Waals surface area contributed by atoms with Crippen molar-refractivity contribution in [3.05, 3.63) is 24.3 Å². The molecule has 2 aliphatic rings. The highest BCUT2D eigenvalue weighted by Gasteiger charge is 2.31. The lowest BCUT2D eigenvalue weighted by Gasteiger charge is -2.30. The van der Waals surface area contributed by atoms with E-state index in [1.807, 2.05) is 21.9 Å². The number of rotatable bonds is 5. The number of benzene rings is 1. The van der Waals surface area contributed by atoms with Crippen LogP contribution < -0.4 is 4.90 Å². The second kappa shape index (κ2) is 9.10. The number of amides is 1. The van der Waals surface area contributed by atoms with Crippen LogP contribution in [0.25, 0.3) is 0 Å². The highest BCUT2D eigenvalue weighted by molar-refractivity contribution is 8.15.